The van der Waals surface area contributed by atoms with E-state index in [1.807, 2.05) is 24.3 Å². The predicted molar refractivity (Wildman–Crippen MR) is 58.0 cm³/mol. The topological polar surface area (TPSA) is 38.0 Å². The van der Waals surface area contributed by atoms with Crippen molar-refractivity contribution >= 4 is 15.9 Å². The summed E-state index contributed by atoms with van der Waals surface area (Å²) < 4.78 is 2.63. The lowest BCUT2D eigenvalue weighted by atomic mass is 10.1. The summed E-state index contributed by atoms with van der Waals surface area (Å²) >= 11 is 3.39. The zero-order valence-corrected chi connectivity index (χ0v) is 9.19. The Morgan fingerprint density at radius 1 is 1.43 bits per heavy atom. The van der Waals surface area contributed by atoms with E-state index in [0.29, 0.717) is 0 Å². The number of hydrogen-bond acceptors (Lipinski definition) is 2. The van der Waals surface area contributed by atoms with Crippen molar-refractivity contribution in [2.45, 2.75) is 0 Å². The van der Waals surface area contributed by atoms with Gasteiger partial charge in [-0.05, 0) is 12.1 Å². The van der Waals surface area contributed by atoms with Crippen LogP contribution in [0.5, 0.6) is 5.75 Å². The first-order chi connectivity index (χ1) is 6.68. The lowest BCUT2D eigenvalue weighted by molar-refractivity contribution is 0.477. The molecule has 72 valence electrons. The van der Waals surface area contributed by atoms with Gasteiger partial charge in [-0.2, -0.15) is 5.10 Å². The summed E-state index contributed by atoms with van der Waals surface area (Å²) in [7, 11) is 1.80. The average molecular weight is 253 g/mol. The number of hydrogen-bond donors (Lipinski definition) is 1. The number of aromatic nitrogens is 2. The van der Waals surface area contributed by atoms with Gasteiger partial charge in [-0.1, -0.05) is 28.1 Å². The highest BCUT2D eigenvalue weighted by Gasteiger charge is 2.09. The number of halogens is 1. The first-order valence-electron chi connectivity index (χ1n) is 4.15. The SMILES string of the molecule is Cn1ncc(O)c1-c1cccc(Br)c1. The number of rotatable bonds is 1. The maximum absolute atomic E-state index is 9.58. The fourth-order valence-corrected chi connectivity index (χ4v) is 1.80. The molecule has 0 atom stereocenters. The van der Waals surface area contributed by atoms with Crippen molar-refractivity contribution in [3.63, 3.8) is 0 Å². The molecule has 1 aromatic heterocycles. The summed E-state index contributed by atoms with van der Waals surface area (Å²) in [5.41, 5.74) is 1.67. The zero-order chi connectivity index (χ0) is 10.1. The van der Waals surface area contributed by atoms with Crippen LogP contribution in [0.2, 0.25) is 0 Å². The minimum absolute atomic E-state index is 0.200. The fraction of sp³-hybridized carbons (Fsp3) is 0.100. The molecule has 0 amide bonds. The molecule has 0 spiro atoms. The Kier molecular flexibility index (Phi) is 2.29. The van der Waals surface area contributed by atoms with Gasteiger partial charge < -0.3 is 5.11 Å². The van der Waals surface area contributed by atoms with Gasteiger partial charge in [0.25, 0.3) is 0 Å². The Morgan fingerprint density at radius 2 is 2.21 bits per heavy atom. The van der Waals surface area contributed by atoms with Crippen molar-refractivity contribution in [2.24, 2.45) is 7.05 Å². The summed E-state index contributed by atoms with van der Waals surface area (Å²) in [6.07, 6.45) is 1.44. The molecule has 3 nitrogen and oxygen atoms in total. The van der Waals surface area contributed by atoms with Gasteiger partial charge in [0.1, 0.15) is 5.69 Å². The van der Waals surface area contributed by atoms with E-state index < -0.39 is 0 Å². The minimum Gasteiger partial charge on any atom is -0.504 e. The van der Waals surface area contributed by atoms with Gasteiger partial charge in [0, 0.05) is 17.1 Å². The molecule has 0 aliphatic carbocycles. The molecule has 0 bridgehead atoms. The molecule has 1 aromatic carbocycles. The van der Waals surface area contributed by atoms with Crippen LogP contribution in [-0.4, -0.2) is 14.9 Å². The molecule has 1 N–H and O–H groups in total. The third-order valence-corrected chi connectivity index (χ3v) is 2.51. The summed E-state index contributed by atoms with van der Waals surface area (Å²) in [6, 6.07) is 7.74. The van der Waals surface area contributed by atoms with Crippen molar-refractivity contribution in [1.29, 1.82) is 0 Å². The number of nitrogens with zero attached hydrogens (tertiary/aromatic N) is 2. The normalized spacial score (nSPS) is 10.4. The number of aromatic hydroxyl groups is 1. The highest BCUT2D eigenvalue weighted by Crippen LogP contribution is 2.29. The summed E-state index contributed by atoms with van der Waals surface area (Å²) in [5, 5.41) is 13.6. The van der Waals surface area contributed by atoms with Crippen LogP contribution >= 0.6 is 15.9 Å². The van der Waals surface area contributed by atoms with E-state index in [-0.39, 0.29) is 5.75 Å². The first-order valence-corrected chi connectivity index (χ1v) is 4.94. The highest BCUT2D eigenvalue weighted by molar-refractivity contribution is 9.10. The average Bonchev–Trinajstić information content (AvgIpc) is 2.46. The van der Waals surface area contributed by atoms with E-state index in [1.165, 1.54) is 6.20 Å². The zero-order valence-electron chi connectivity index (χ0n) is 7.61. The van der Waals surface area contributed by atoms with E-state index in [0.717, 1.165) is 15.7 Å². The second kappa shape index (κ2) is 3.46. The molecule has 14 heavy (non-hydrogen) atoms. The molecule has 1 heterocycles. The third kappa shape index (κ3) is 1.53. The summed E-state index contributed by atoms with van der Waals surface area (Å²) in [5.74, 6) is 0.200. The smallest absolute Gasteiger partial charge is 0.161 e. The van der Waals surface area contributed by atoms with Crippen molar-refractivity contribution in [3.8, 4) is 17.0 Å². The fourth-order valence-electron chi connectivity index (χ4n) is 1.40. The molecular formula is C10H9BrN2O. The maximum Gasteiger partial charge on any atom is 0.161 e. The molecule has 0 saturated heterocycles. The van der Waals surface area contributed by atoms with Gasteiger partial charge in [0.2, 0.25) is 0 Å². The third-order valence-electron chi connectivity index (χ3n) is 2.02. The molecule has 0 fully saturated rings. The molecule has 0 aliphatic rings. The molecule has 0 saturated carbocycles. The van der Waals surface area contributed by atoms with Gasteiger partial charge in [-0.3, -0.25) is 4.68 Å². The maximum atomic E-state index is 9.58. The standard InChI is InChI=1S/C10H9BrN2O/c1-13-10(9(14)6-12-13)7-3-2-4-8(11)5-7/h2-6,14H,1H3. The van der Waals surface area contributed by atoms with Crippen LogP contribution in [0.3, 0.4) is 0 Å². The molecular weight excluding hydrogens is 244 g/mol. The van der Waals surface area contributed by atoms with Crippen molar-refractivity contribution in [3.05, 3.63) is 34.9 Å². The van der Waals surface area contributed by atoms with E-state index in [9.17, 15) is 5.11 Å². The largest absolute Gasteiger partial charge is 0.504 e. The van der Waals surface area contributed by atoms with Gasteiger partial charge in [-0.25, -0.2) is 0 Å². The monoisotopic (exact) mass is 252 g/mol. The van der Waals surface area contributed by atoms with Crippen LogP contribution in [0, 0.1) is 0 Å². The van der Waals surface area contributed by atoms with Crippen molar-refractivity contribution in [1.82, 2.24) is 9.78 Å². The van der Waals surface area contributed by atoms with Crippen LogP contribution < -0.4 is 0 Å². The second-order valence-corrected chi connectivity index (χ2v) is 3.93. The molecule has 0 aliphatic heterocycles. The van der Waals surface area contributed by atoms with Gasteiger partial charge in [0.15, 0.2) is 5.75 Å². The highest BCUT2D eigenvalue weighted by atomic mass is 79.9. The lowest BCUT2D eigenvalue weighted by Crippen LogP contribution is -1.93. The van der Waals surface area contributed by atoms with E-state index in [4.69, 9.17) is 0 Å². The predicted octanol–water partition coefficient (Wildman–Crippen LogP) is 2.56. The quantitative estimate of drug-likeness (QED) is 0.848. The van der Waals surface area contributed by atoms with Crippen molar-refractivity contribution < 1.29 is 5.11 Å². The minimum atomic E-state index is 0.200. The molecule has 4 heteroatoms. The second-order valence-electron chi connectivity index (χ2n) is 3.01. The Morgan fingerprint density at radius 3 is 2.79 bits per heavy atom. The van der Waals surface area contributed by atoms with E-state index in [1.54, 1.807) is 11.7 Å². The van der Waals surface area contributed by atoms with Gasteiger partial charge in [0.05, 0.1) is 6.20 Å². The van der Waals surface area contributed by atoms with Crippen LogP contribution in [-0.2, 0) is 7.05 Å². The first kappa shape index (κ1) is 9.27. The van der Waals surface area contributed by atoms with Crippen LogP contribution in [0.25, 0.3) is 11.3 Å². The van der Waals surface area contributed by atoms with E-state index in [2.05, 4.69) is 21.0 Å². The molecule has 2 aromatic rings. The lowest BCUT2D eigenvalue weighted by Gasteiger charge is -2.03. The molecule has 2 rings (SSSR count). The van der Waals surface area contributed by atoms with Gasteiger partial charge in [-0.15, -0.1) is 0 Å². The number of benzene rings is 1. The van der Waals surface area contributed by atoms with E-state index >= 15 is 0 Å². The summed E-state index contributed by atoms with van der Waals surface area (Å²) in [4.78, 5) is 0. The Labute approximate surface area is 90.1 Å². The molecule has 0 unspecified atom stereocenters. The van der Waals surface area contributed by atoms with Crippen LogP contribution in [0.15, 0.2) is 34.9 Å². The Bertz CT molecular complexity index is 445. The van der Waals surface area contributed by atoms with Crippen LogP contribution in [0.4, 0.5) is 0 Å². The Hall–Kier alpha value is -1.29. The van der Waals surface area contributed by atoms with Gasteiger partial charge >= 0.3 is 0 Å². The van der Waals surface area contributed by atoms with Crippen LogP contribution in [0.1, 0.15) is 0 Å². The summed E-state index contributed by atoms with van der Waals surface area (Å²) in [6.45, 7) is 0. The molecule has 0 radical (unpaired) electrons. The number of aryl methyl sites for hydroxylation is 1. The Balaban J connectivity index is 2.59. The van der Waals surface area contributed by atoms with Crippen molar-refractivity contribution in [2.75, 3.05) is 0 Å².